The van der Waals surface area contributed by atoms with E-state index in [0.717, 1.165) is 35.3 Å². The van der Waals surface area contributed by atoms with E-state index in [-0.39, 0.29) is 20.9 Å². The predicted molar refractivity (Wildman–Crippen MR) is 119 cm³/mol. The Kier molecular flexibility index (Phi) is 8.46. The molecule has 0 aliphatic carbocycles. The first-order valence-electron chi connectivity index (χ1n) is 9.03. The van der Waals surface area contributed by atoms with Crippen LogP contribution in [-0.4, -0.2) is 49.7 Å². The Morgan fingerprint density at radius 1 is 1.31 bits per heavy atom. The summed E-state index contributed by atoms with van der Waals surface area (Å²) in [5, 5.41) is 20.0. The number of rotatable bonds is 11. The Bertz CT molecular complexity index is 916. The summed E-state index contributed by atoms with van der Waals surface area (Å²) in [6, 6.07) is 11.2. The van der Waals surface area contributed by atoms with E-state index in [1.54, 1.807) is 11.8 Å². The van der Waals surface area contributed by atoms with Crippen LogP contribution < -0.4 is 10.5 Å². The zero-order valence-corrected chi connectivity index (χ0v) is 19.0. The Morgan fingerprint density at radius 3 is 2.52 bits per heavy atom. The summed E-state index contributed by atoms with van der Waals surface area (Å²) in [4.78, 5) is 14.1. The predicted octanol–water partition coefficient (Wildman–Crippen LogP) is 3.61. The third-order valence-corrected chi connectivity index (χ3v) is 8.06. The van der Waals surface area contributed by atoms with E-state index >= 15 is 0 Å². The lowest BCUT2D eigenvalue weighted by atomic mass is 10.2. The molecule has 1 aromatic heterocycles. The van der Waals surface area contributed by atoms with Gasteiger partial charge < -0.3 is 10.2 Å². The van der Waals surface area contributed by atoms with Gasteiger partial charge in [0.05, 0.1) is 4.92 Å². The molecule has 1 heterocycles. The highest BCUT2D eigenvalue weighted by Crippen LogP contribution is 2.37. The maximum atomic E-state index is 11.6. The number of thioether (sulfide) groups is 1. The number of thiophene rings is 1. The molecular weight excluding hydrogens is 432 g/mol. The van der Waals surface area contributed by atoms with Crippen molar-refractivity contribution in [3.05, 3.63) is 46.5 Å². The minimum absolute atomic E-state index is 0.0907. The van der Waals surface area contributed by atoms with Gasteiger partial charge >= 0.3 is 5.69 Å². The van der Waals surface area contributed by atoms with Crippen LogP contribution in [0.1, 0.15) is 20.3 Å². The van der Waals surface area contributed by atoms with Crippen LogP contribution >= 0.6 is 23.1 Å². The van der Waals surface area contributed by atoms with Crippen molar-refractivity contribution in [2.24, 2.45) is 5.14 Å². The number of sulfonamides is 1. The first kappa shape index (κ1) is 23.6. The molecule has 0 unspecified atom stereocenters. The van der Waals surface area contributed by atoms with Crippen LogP contribution in [0, 0.1) is 10.1 Å². The molecule has 0 saturated carbocycles. The summed E-state index contributed by atoms with van der Waals surface area (Å²) in [6.45, 7) is 5.00. The average molecular weight is 459 g/mol. The van der Waals surface area contributed by atoms with Crippen molar-refractivity contribution < 1.29 is 13.3 Å². The topological polar surface area (TPSA) is 119 Å². The molecule has 0 aliphatic heterocycles. The summed E-state index contributed by atoms with van der Waals surface area (Å²) >= 11 is 2.44. The minimum Gasteiger partial charge on any atom is -0.368 e. The third kappa shape index (κ3) is 7.27. The van der Waals surface area contributed by atoms with Crippen LogP contribution in [-0.2, 0) is 10.0 Å². The van der Waals surface area contributed by atoms with E-state index < -0.39 is 14.9 Å². The van der Waals surface area contributed by atoms with E-state index in [4.69, 9.17) is 5.14 Å². The zero-order valence-electron chi connectivity index (χ0n) is 16.6. The van der Waals surface area contributed by atoms with Crippen LogP contribution in [0.2, 0.25) is 0 Å². The Labute approximate surface area is 179 Å². The smallest absolute Gasteiger partial charge is 0.304 e. The van der Waals surface area contributed by atoms with Crippen LogP contribution in [0.3, 0.4) is 0 Å². The van der Waals surface area contributed by atoms with Crippen LogP contribution in [0.5, 0.6) is 0 Å². The van der Waals surface area contributed by atoms with Crippen molar-refractivity contribution >= 4 is 43.8 Å². The molecule has 2 rings (SSSR count). The first-order valence-corrected chi connectivity index (χ1v) is 12.4. The van der Waals surface area contributed by atoms with Crippen molar-refractivity contribution in [3.63, 3.8) is 0 Å². The number of nitrogens with two attached hydrogens (primary N) is 1. The SMILES string of the molecule is CC(C)N(C)CC[C@H](CSc1ccccc1)Nc1sc(S(N)(=O)=O)cc1[N+](=O)[O-]. The standard InChI is InChI=1S/C18H26N4O4S3/c1-13(2)21(3)10-9-14(12-27-15-7-5-4-6-8-15)20-18-16(22(23)24)11-17(28-18)29(19,25)26/h4-8,11,13-14,20H,9-10,12H2,1-3H3,(H2,19,25,26)/t14-/m1/s1. The van der Waals surface area contributed by atoms with Crippen molar-refractivity contribution in [2.75, 3.05) is 24.7 Å². The zero-order chi connectivity index (χ0) is 21.6. The number of nitrogens with one attached hydrogen (secondary N) is 1. The molecule has 1 aromatic carbocycles. The summed E-state index contributed by atoms with van der Waals surface area (Å²) in [6.07, 6.45) is 0.744. The van der Waals surface area contributed by atoms with Gasteiger partial charge in [-0.1, -0.05) is 29.5 Å². The molecule has 0 amide bonds. The Morgan fingerprint density at radius 2 is 1.97 bits per heavy atom. The van der Waals surface area contributed by atoms with Gasteiger partial charge in [-0.3, -0.25) is 10.1 Å². The first-order chi connectivity index (χ1) is 13.6. The largest absolute Gasteiger partial charge is 0.368 e. The van der Waals surface area contributed by atoms with E-state index in [9.17, 15) is 18.5 Å². The number of hydrogen-bond donors (Lipinski definition) is 2. The molecule has 0 bridgehead atoms. The molecule has 0 aliphatic rings. The molecule has 0 saturated heterocycles. The Balaban J connectivity index is 2.21. The van der Waals surface area contributed by atoms with Gasteiger partial charge in [0.2, 0.25) is 10.0 Å². The Hall–Kier alpha value is -1.66. The number of nitrogens with zero attached hydrogens (tertiary/aromatic N) is 2. The molecule has 11 heteroatoms. The van der Waals surface area contributed by atoms with Crippen LogP contribution in [0.4, 0.5) is 10.7 Å². The second-order valence-corrected chi connectivity index (χ2v) is 10.8. The van der Waals surface area contributed by atoms with E-state index in [1.807, 2.05) is 37.4 Å². The second-order valence-electron chi connectivity index (χ2n) is 6.91. The van der Waals surface area contributed by atoms with E-state index in [2.05, 4.69) is 24.1 Å². The normalized spacial score (nSPS) is 13.0. The summed E-state index contributed by atoms with van der Waals surface area (Å²) < 4.78 is 23.0. The summed E-state index contributed by atoms with van der Waals surface area (Å²) in [7, 11) is -1.98. The number of benzene rings is 1. The van der Waals surface area contributed by atoms with Gasteiger partial charge in [0.25, 0.3) is 0 Å². The molecule has 8 nitrogen and oxygen atoms in total. The van der Waals surface area contributed by atoms with Crippen molar-refractivity contribution in [3.8, 4) is 0 Å². The van der Waals surface area contributed by atoms with Crippen LogP contribution in [0.25, 0.3) is 0 Å². The monoisotopic (exact) mass is 458 g/mol. The van der Waals surface area contributed by atoms with E-state index in [1.165, 1.54) is 0 Å². The van der Waals surface area contributed by atoms with Gasteiger partial charge in [0.1, 0.15) is 4.21 Å². The average Bonchev–Trinajstić information content (AvgIpc) is 3.09. The van der Waals surface area contributed by atoms with Gasteiger partial charge in [-0.05, 0) is 39.4 Å². The maximum absolute atomic E-state index is 11.6. The van der Waals surface area contributed by atoms with Crippen molar-refractivity contribution in [1.29, 1.82) is 0 Å². The molecule has 0 spiro atoms. The fourth-order valence-electron chi connectivity index (χ4n) is 2.45. The van der Waals surface area contributed by atoms with Gasteiger partial charge in [-0.25, -0.2) is 13.6 Å². The number of anilines is 1. The number of nitro groups is 1. The molecular formula is C18H26N4O4S3. The molecule has 3 N–H and O–H groups in total. The molecule has 2 aromatic rings. The molecule has 0 radical (unpaired) electrons. The second kappa shape index (κ2) is 10.4. The summed E-state index contributed by atoms with van der Waals surface area (Å²) in [5.41, 5.74) is -0.272. The molecule has 0 fully saturated rings. The highest BCUT2D eigenvalue weighted by Gasteiger charge is 2.26. The van der Waals surface area contributed by atoms with Crippen molar-refractivity contribution in [2.45, 2.75) is 41.5 Å². The van der Waals surface area contributed by atoms with Gasteiger partial charge in [-0.2, -0.15) is 0 Å². The van der Waals surface area contributed by atoms with E-state index in [0.29, 0.717) is 11.8 Å². The van der Waals surface area contributed by atoms with Gasteiger partial charge in [-0.15, -0.1) is 11.8 Å². The minimum atomic E-state index is -4.01. The van der Waals surface area contributed by atoms with Gasteiger partial charge in [0, 0.05) is 35.3 Å². The van der Waals surface area contributed by atoms with Crippen LogP contribution in [0.15, 0.2) is 45.5 Å². The fourth-order valence-corrected chi connectivity index (χ4v) is 5.27. The highest BCUT2D eigenvalue weighted by molar-refractivity contribution is 7.99. The molecule has 29 heavy (non-hydrogen) atoms. The third-order valence-electron chi connectivity index (χ3n) is 4.41. The van der Waals surface area contributed by atoms with Crippen molar-refractivity contribution in [1.82, 2.24) is 4.90 Å². The number of primary sulfonamides is 1. The lowest BCUT2D eigenvalue weighted by Gasteiger charge is -2.25. The number of hydrogen-bond acceptors (Lipinski definition) is 8. The molecule has 160 valence electrons. The maximum Gasteiger partial charge on any atom is 0.304 e. The quantitative estimate of drug-likeness (QED) is 0.300. The lowest BCUT2D eigenvalue weighted by molar-refractivity contribution is -0.383. The molecule has 1 atom stereocenters. The van der Waals surface area contributed by atoms with Gasteiger partial charge in [0.15, 0.2) is 5.00 Å². The highest BCUT2D eigenvalue weighted by atomic mass is 32.2. The fraction of sp³-hybridized carbons (Fsp3) is 0.444. The summed E-state index contributed by atoms with van der Waals surface area (Å²) in [5.74, 6) is 0.676. The lowest BCUT2D eigenvalue weighted by Crippen LogP contribution is -2.32.